The molecule has 0 saturated heterocycles. The van der Waals surface area contributed by atoms with Crippen LogP contribution in [-0.4, -0.2) is 33.7 Å². The van der Waals surface area contributed by atoms with Crippen molar-refractivity contribution in [2.24, 2.45) is 0 Å². The molecule has 0 spiro atoms. The van der Waals surface area contributed by atoms with E-state index in [4.69, 9.17) is 16.7 Å². The van der Waals surface area contributed by atoms with Gasteiger partial charge in [-0.25, -0.2) is 4.68 Å². The highest BCUT2D eigenvalue weighted by Crippen LogP contribution is 2.26. The van der Waals surface area contributed by atoms with Gasteiger partial charge >= 0.3 is 0 Å². The molecule has 5 heteroatoms. The van der Waals surface area contributed by atoms with Gasteiger partial charge < -0.3 is 4.90 Å². The fourth-order valence-corrected chi connectivity index (χ4v) is 3.32. The van der Waals surface area contributed by atoms with Gasteiger partial charge in [0.15, 0.2) is 0 Å². The molecule has 0 N–H and O–H groups in total. The molecule has 0 fully saturated rings. The van der Waals surface area contributed by atoms with Crippen molar-refractivity contribution in [3.05, 3.63) is 71.4 Å². The van der Waals surface area contributed by atoms with E-state index >= 15 is 0 Å². The summed E-state index contributed by atoms with van der Waals surface area (Å²) in [7, 11) is 0. The number of carbonyl (C=O) groups excluding carboxylic acids is 1. The summed E-state index contributed by atoms with van der Waals surface area (Å²) in [5, 5.41) is 5.28. The lowest BCUT2D eigenvalue weighted by Crippen LogP contribution is -2.33. The van der Waals surface area contributed by atoms with Crippen LogP contribution in [0.1, 0.15) is 37.2 Å². The quantitative estimate of drug-likeness (QED) is 0.545. The lowest BCUT2D eigenvalue weighted by atomic mass is 10.1. The van der Waals surface area contributed by atoms with Crippen LogP contribution in [-0.2, 0) is 0 Å². The predicted octanol–water partition coefficient (Wildman–Crippen LogP) is 5.45. The molecule has 3 aromatic rings. The summed E-state index contributed by atoms with van der Waals surface area (Å²) < 4.78 is 1.67. The number of halogens is 1. The SMILES string of the molecule is CCCN(CCC)C(=O)c1cc(-c2ccccc2)nn1-c1ccccc1Cl. The van der Waals surface area contributed by atoms with Crippen LogP contribution in [0.2, 0.25) is 5.02 Å². The normalized spacial score (nSPS) is 10.8. The lowest BCUT2D eigenvalue weighted by Gasteiger charge is -2.21. The molecule has 4 nitrogen and oxygen atoms in total. The summed E-state index contributed by atoms with van der Waals surface area (Å²) in [5.41, 5.74) is 2.96. The Hall–Kier alpha value is -2.59. The van der Waals surface area contributed by atoms with Gasteiger partial charge in [-0.05, 0) is 31.0 Å². The first-order valence-electron chi connectivity index (χ1n) is 9.35. The Morgan fingerprint density at radius 3 is 2.26 bits per heavy atom. The van der Waals surface area contributed by atoms with Crippen LogP contribution in [0.25, 0.3) is 16.9 Å². The van der Waals surface area contributed by atoms with E-state index in [2.05, 4.69) is 13.8 Å². The number of rotatable bonds is 7. The van der Waals surface area contributed by atoms with Gasteiger partial charge in [-0.1, -0.05) is 67.9 Å². The molecule has 0 aliphatic rings. The van der Waals surface area contributed by atoms with E-state index in [9.17, 15) is 4.79 Å². The fraction of sp³-hybridized carbons (Fsp3) is 0.273. The summed E-state index contributed by atoms with van der Waals surface area (Å²) in [5.74, 6) is -0.0201. The number of para-hydroxylation sites is 1. The Morgan fingerprint density at radius 1 is 1.00 bits per heavy atom. The van der Waals surface area contributed by atoms with Crippen LogP contribution in [0.5, 0.6) is 0 Å². The summed E-state index contributed by atoms with van der Waals surface area (Å²) in [4.78, 5) is 15.2. The Balaban J connectivity index is 2.12. The van der Waals surface area contributed by atoms with Crippen molar-refractivity contribution in [2.75, 3.05) is 13.1 Å². The summed E-state index contributed by atoms with van der Waals surface area (Å²) in [6.45, 7) is 5.61. The minimum atomic E-state index is -0.0201. The summed E-state index contributed by atoms with van der Waals surface area (Å²) in [6.07, 6.45) is 1.83. The predicted molar refractivity (Wildman–Crippen MR) is 110 cm³/mol. The second kappa shape index (κ2) is 8.87. The number of amides is 1. The average Bonchev–Trinajstić information content (AvgIpc) is 3.13. The van der Waals surface area contributed by atoms with E-state index in [0.29, 0.717) is 16.4 Å². The maximum atomic E-state index is 13.3. The van der Waals surface area contributed by atoms with Crippen molar-refractivity contribution in [1.29, 1.82) is 0 Å². The van der Waals surface area contributed by atoms with Crippen molar-refractivity contribution in [1.82, 2.24) is 14.7 Å². The average molecular weight is 382 g/mol. The smallest absolute Gasteiger partial charge is 0.272 e. The third kappa shape index (κ3) is 4.22. The van der Waals surface area contributed by atoms with Gasteiger partial charge in [0.1, 0.15) is 5.69 Å². The first kappa shape index (κ1) is 19.2. The second-order valence-corrected chi connectivity index (χ2v) is 6.84. The monoisotopic (exact) mass is 381 g/mol. The fourth-order valence-electron chi connectivity index (χ4n) is 3.11. The van der Waals surface area contributed by atoms with Crippen LogP contribution in [0.4, 0.5) is 0 Å². The molecular formula is C22H24ClN3O. The van der Waals surface area contributed by atoms with Crippen LogP contribution in [0, 0.1) is 0 Å². The Labute approximate surface area is 165 Å². The third-order valence-electron chi connectivity index (χ3n) is 4.35. The number of carbonyl (C=O) groups is 1. The standard InChI is InChI=1S/C22H24ClN3O/c1-3-14-25(15-4-2)22(27)21-16-19(17-10-6-5-7-11-17)24-26(21)20-13-9-8-12-18(20)23/h5-13,16H,3-4,14-15H2,1-2H3. The van der Waals surface area contributed by atoms with Crippen molar-refractivity contribution >= 4 is 17.5 Å². The summed E-state index contributed by atoms with van der Waals surface area (Å²) >= 11 is 6.41. The number of hydrogen-bond donors (Lipinski definition) is 0. The Morgan fingerprint density at radius 2 is 1.63 bits per heavy atom. The van der Waals surface area contributed by atoms with Gasteiger partial charge in [-0.3, -0.25) is 4.79 Å². The zero-order valence-corrected chi connectivity index (χ0v) is 16.5. The Kier molecular flexibility index (Phi) is 6.30. The maximum absolute atomic E-state index is 13.3. The number of hydrogen-bond acceptors (Lipinski definition) is 2. The zero-order chi connectivity index (χ0) is 19.2. The minimum absolute atomic E-state index is 0.0201. The van der Waals surface area contributed by atoms with Gasteiger partial charge in [-0.2, -0.15) is 5.10 Å². The molecule has 2 aromatic carbocycles. The summed E-state index contributed by atoms with van der Waals surface area (Å²) in [6, 6.07) is 19.2. The molecule has 1 heterocycles. The van der Waals surface area contributed by atoms with Gasteiger partial charge in [0.25, 0.3) is 5.91 Å². The molecule has 0 aliphatic heterocycles. The van der Waals surface area contributed by atoms with E-state index in [1.54, 1.807) is 4.68 Å². The van der Waals surface area contributed by atoms with Crippen LogP contribution >= 0.6 is 11.6 Å². The highest BCUT2D eigenvalue weighted by Gasteiger charge is 2.23. The van der Waals surface area contributed by atoms with Gasteiger partial charge in [-0.15, -0.1) is 0 Å². The molecule has 0 unspecified atom stereocenters. The number of aromatic nitrogens is 2. The van der Waals surface area contributed by atoms with E-state index in [0.717, 1.165) is 37.2 Å². The van der Waals surface area contributed by atoms with E-state index in [1.165, 1.54) is 0 Å². The molecule has 0 bridgehead atoms. The zero-order valence-electron chi connectivity index (χ0n) is 15.7. The molecule has 0 atom stereocenters. The van der Waals surface area contributed by atoms with Crippen molar-refractivity contribution in [2.45, 2.75) is 26.7 Å². The maximum Gasteiger partial charge on any atom is 0.272 e. The van der Waals surface area contributed by atoms with Gasteiger partial charge in [0, 0.05) is 18.7 Å². The molecule has 1 amide bonds. The molecule has 140 valence electrons. The van der Waals surface area contributed by atoms with Crippen molar-refractivity contribution in [3.8, 4) is 16.9 Å². The molecule has 0 radical (unpaired) electrons. The lowest BCUT2D eigenvalue weighted by molar-refractivity contribution is 0.0746. The third-order valence-corrected chi connectivity index (χ3v) is 4.67. The van der Waals surface area contributed by atoms with Crippen molar-refractivity contribution < 1.29 is 4.79 Å². The van der Waals surface area contributed by atoms with Gasteiger partial charge in [0.2, 0.25) is 0 Å². The molecule has 0 saturated carbocycles. The largest absolute Gasteiger partial charge is 0.337 e. The molecule has 3 rings (SSSR count). The number of nitrogens with zero attached hydrogens (tertiary/aromatic N) is 3. The molecule has 1 aromatic heterocycles. The Bertz CT molecular complexity index is 899. The van der Waals surface area contributed by atoms with Crippen molar-refractivity contribution in [3.63, 3.8) is 0 Å². The minimum Gasteiger partial charge on any atom is -0.337 e. The molecule has 0 aliphatic carbocycles. The first-order valence-corrected chi connectivity index (χ1v) is 9.73. The van der Waals surface area contributed by atoms with Crippen LogP contribution in [0.15, 0.2) is 60.7 Å². The van der Waals surface area contributed by atoms with E-state index in [-0.39, 0.29) is 5.91 Å². The van der Waals surface area contributed by atoms with E-state index < -0.39 is 0 Å². The number of benzene rings is 2. The first-order chi connectivity index (χ1) is 13.2. The topological polar surface area (TPSA) is 38.1 Å². The van der Waals surface area contributed by atoms with Gasteiger partial charge in [0.05, 0.1) is 16.4 Å². The second-order valence-electron chi connectivity index (χ2n) is 6.44. The van der Waals surface area contributed by atoms with E-state index in [1.807, 2.05) is 65.6 Å². The van der Waals surface area contributed by atoms with Crippen LogP contribution in [0.3, 0.4) is 0 Å². The molecule has 27 heavy (non-hydrogen) atoms. The highest BCUT2D eigenvalue weighted by molar-refractivity contribution is 6.32. The van der Waals surface area contributed by atoms with Crippen LogP contribution < -0.4 is 0 Å². The molecular weight excluding hydrogens is 358 g/mol. The highest BCUT2D eigenvalue weighted by atomic mass is 35.5.